The highest BCUT2D eigenvalue weighted by molar-refractivity contribution is 5.91. The number of hydrogen-bond donors (Lipinski definition) is 2. The van der Waals surface area contributed by atoms with Gasteiger partial charge in [0.25, 0.3) is 5.91 Å². The van der Waals surface area contributed by atoms with Crippen LogP contribution >= 0.6 is 0 Å². The van der Waals surface area contributed by atoms with Crippen LogP contribution in [-0.4, -0.2) is 10.9 Å². The Morgan fingerprint density at radius 2 is 2.29 bits per heavy atom. The Bertz CT molecular complexity index is 607. The van der Waals surface area contributed by atoms with Gasteiger partial charge in [0.2, 0.25) is 5.89 Å². The topological polar surface area (TPSA) is 81.1 Å². The van der Waals surface area contributed by atoms with Crippen LogP contribution in [0.25, 0.3) is 0 Å². The van der Waals surface area contributed by atoms with Gasteiger partial charge in [-0.3, -0.25) is 4.79 Å². The molecule has 0 radical (unpaired) electrons. The first-order valence-electron chi connectivity index (χ1n) is 7.15. The minimum Gasteiger partial charge on any atom is -0.446 e. The van der Waals surface area contributed by atoms with Crippen molar-refractivity contribution < 1.29 is 9.21 Å². The molecule has 0 aliphatic carbocycles. The van der Waals surface area contributed by atoms with Crippen LogP contribution < -0.4 is 11.1 Å². The lowest BCUT2D eigenvalue weighted by molar-refractivity contribution is 0.0946. The lowest BCUT2D eigenvalue weighted by atomic mass is 10.1. The smallest absolute Gasteiger partial charge is 0.273 e. The molecule has 5 heteroatoms. The molecule has 0 saturated carbocycles. The van der Waals surface area contributed by atoms with Crippen molar-refractivity contribution in [3.63, 3.8) is 0 Å². The summed E-state index contributed by atoms with van der Waals surface area (Å²) in [5.41, 5.74) is 8.39. The molecule has 112 valence electrons. The molecule has 1 unspecified atom stereocenters. The van der Waals surface area contributed by atoms with Gasteiger partial charge in [-0.15, -0.1) is 0 Å². The highest BCUT2D eigenvalue weighted by atomic mass is 16.3. The van der Waals surface area contributed by atoms with Gasteiger partial charge in [0.1, 0.15) is 6.26 Å². The van der Waals surface area contributed by atoms with Gasteiger partial charge >= 0.3 is 0 Å². The molecule has 1 amide bonds. The second-order valence-corrected chi connectivity index (χ2v) is 5.14. The van der Waals surface area contributed by atoms with Crippen molar-refractivity contribution in [2.75, 3.05) is 0 Å². The third-order valence-corrected chi connectivity index (χ3v) is 3.21. The van der Waals surface area contributed by atoms with Gasteiger partial charge in [0.05, 0.1) is 6.04 Å². The molecule has 1 heterocycles. The van der Waals surface area contributed by atoms with E-state index in [2.05, 4.69) is 10.3 Å². The lowest BCUT2D eigenvalue weighted by Gasteiger charge is -2.05. The number of nitrogens with one attached hydrogen (secondary N) is 1. The molecule has 0 spiro atoms. The maximum Gasteiger partial charge on any atom is 0.273 e. The van der Waals surface area contributed by atoms with Crippen molar-refractivity contribution in [1.29, 1.82) is 0 Å². The maximum absolute atomic E-state index is 12.0. The van der Waals surface area contributed by atoms with Crippen LogP contribution in [0, 0.1) is 6.92 Å². The molecule has 1 aromatic carbocycles. The Labute approximate surface area is 124 Å². The number of hydrogen-bond acceptors (Lipinski definition) is 4. The third-order valence-electron chi connectivity index (χ3n) is 3.21. The monoisotopic (exact) mass is 287 g/mol. The number of carbonyl (C=O) groups excluding carboxylic acids is 1. The van der Waals surface area contributed by atoms with Gasteiger partial charge in [0, 0.05) is 6.54 Å². The summed E-state index contributed by atoms with van der Waals surface area (Å²) >= 11 is 0. The van der Waals surface area contributed by atoms with Gasteiger partial charge in [-0.2, -0.15) is 0 Å². The number of carbonyl (C=O) groups is 1. The first kappa shape index (κ1) is 15.3. The fraction of sp³-hybridized carbons (Fsp3) is 0.375. The van der Waals surface area contributed by atoms with E-state index in [0.717, 1.165) is 24.0 Å². The number of aromatic nitrogens is 1. The van der Waals surface area contributed by atoms with E-state index in [-0.39, 0.29) is 17.6 Å². The summed E-state index contributed by atoms with van der Waals surface area (Å²) in [4.78, 5) is 16.2. The predicted octanol–water partition coefficient (Wildman–Crippen LogP) is 2.71. The Morgan fingerprint density at radius 1 is 1.48 bits per heavy atom. The van der Waals surface area contributed by atoms with E-state index in [4.69, 9.17) is 10.2 Å². The zero-order chi connectivity index (χ0) is 15.2. The first-order valence-corrected chi connectivity index (χ1v) is 7.15. The van der Waals surface area contributed by atoms with Gasteiger partial charge < -0.3 is 15.5 Å². The van der Waals surface area contributed by atoms with E-state index in [1.807, 2.05) is 38.1 Å². The number of aryl methyl sites for hydroxylation is 1. The Kier molecular flexibility index (Phi) is 5.11. The van der Waals surface area contributed by atoms with Crippen molar-refractivity contribution >= 4 is 5.91 Å². The molecule has 0 aliphatic rings. The van der Waals surface area contributed by atoms with Gasteiger partial charge in [-0.1, -0.05) is 43.2 Å². The summed E-state index contributed by atoms with van der Waals surface area (Å²) in [5, 5.41) is 2.82. The molecule has 5 nitrogen and oxygen atoms in total. The zero-order valence-electron chi connectivity index (χ0n) is 12.4. The second-order valence-electron chi connectivity index (χ2n) is 5.14. The molecule has 0 aliphatic heterocycles. The molecule has 0 bridgehead atoms. The summed E-state index contributed by atoms with van der Waals surface area (Å²) < 4.78 is 5.27. The van der Waals surface area contributed by atoms with E-state index >= 15 is 0 Å². The lowest BCUT2D eigenvalue weighted by Crippen LogP contribution is -2.23. The van der Waals surface area contributed by atoms with E-state index in [1.54, 1.807) is 0 Å². The van der Waals surface area contributed by atoms with Crippen LogP contribution in [0.2, 0.25) is 0 Å². The average molecular weight is 287 g/mol. The predicted molar refractivity (Wildman–Crippen MR) is 80.7 cm³/mol. The molecule has 0 saturated heterocycles. The largest absolute Gasteiger partial charge is 0.446 e. The fourth-order valence-electron chi connectivity index (χ4n) is 2.09. The third kappa shape index (κ3) is 4.16. The summed E-state index contributed by atoms with van der Waals surface area (Å²) in [5.74, 6) is 0.160. The number of benzene rings is 1. The minimum atomic E-state index is -0.256. The molecular formula is C16H21N3O2. The molecule has 1 aromatic heterocycles. The number of oxazole rings is 1. The van der Waals surface area contributed by atoms with Crippen molar-refractivity contribution in [3.05, 3.63) is 53.2 Å². The summed E-state index contributed by atoms with van der Waals surface area (Å²) in [6.45, 7) is 4.52. The minimum absolute atomic E-state index is 0.254. The van der Waals surface area contributed by atoms with Crippen molar-refractivity contribution in [2.24, 2.45) is 5.73 Å². The summed E-state index contributed by atoms with van der Waals surface area (Å²) in [7, 11) is 0. The van der Waals surface area contributed by atoms with Crippen molar-refractivity contribution in [2.45, 2.75) is 39.3 Å². The van der Waals surface area contributed by atoms with Crippen LogP contribution in [0.5, 0.6) is 0 Å². The zero-order valence-corrected chi connectivity index (χ0v) is 12.4. The highest BCUT2D eigenvalue weighted by Crippen LogP contribution is 2.15. The fourth-order valence-corrected chi connectivity index (χ4v) is 2.09. The molecule has 3 N–H and O–H groups in total. The Morgan fingerprint density at radius 3 is 3.00 bits per heavy atom. The quantitative estimate of drug-likeness (QED) is 0.856. The maximum atomic E-state index is 12.0. The SMILES string of the molecule is CCCC(N)c1nc(C(=O)NCc2cccc(C)c2)co1. The summed E-state index contributed by atoms with van der Waals surface area (Å²) in [6.07, 6.45) is 3.08. The summed E-state index contributed by atoms with van der Waals surface area (Å²) in [6, 6.07) is 7.73. The molecule has 0 fully saturated rings. The Balaban J connectivity index is 1.94. The van der Waals surface area contributed by atoms with Gasteiger partial charge in [-0.05, 0) is 18.9 Å². The van der Waals surface area contributed by atoms with E-state index < -0.39 is 0 Å². The molecule has 1 atom stereocenters. The molecule has 21 heavy (non-hydrogen) atoms. The Hall–Kier alpha value is -2.14. The van der Waals surface area contributed by atoms with Crippen LogP contribution in [0.15, 0.2) is 34.9 Å². The van der Waals surface area contributed by atoms with Crippen LogP contribution in [0.3, 0.4) is 0 Å². The van der Waals surface area contributed by atoms with E-state index in [9.17, 15) is 4.79 Å². The van der Waals surface area contributed by atoms with Crippen molar-refractivity contribution in [1.82, 2.24) is 10.3 Å². The van der Waals surface area contributed by atoms with E-state index in [0.29, 0.717) is 12.4 Å². The highest BCUT2D eigenvalue weighted by Gasteiger charge is 2.16. The standard InChI is InChI=1S/C16H21N3O2/c1-3-5-13(17)16-19-14(10-21-16)15(20)18-9-12-7-4-6-11(2)8-12/h4,6-8,10,13H,3,5,9,17H2,1-2H3,(H,18,20). The van der Waals surface area contributed by atoms with E-state index in [1.165, 1.54) is 6.26 Å². The number of amides is 1. The van der Waals surface area contributed by atoms with Crippen LogP contribution in [-0.2, 0) is 6.54 Å². The molecule has 2 aromatic rings. The van der Waals surface area contributed by atoms with Gasteiger partial charge in [0.15, 0.2) is 5.69 Å². The van der Waals surface area contributed by atoms with Crippen LogP contribution in [0.1, 0.15) is 53.3 Å². The van der Waals surface area contributed by atoms with Crippen molar-refractivity contribution in [3.8, 4) is 0 Å². The van der Waals surface area contributed by atoms with Crippen LogP contribution in [0.4, 0.5) is 0 Å². The second kappa shape index (κ2) is 7.04. The molecular weight excluding hydrogens is 266 g/mol. The first-order chi connectivity index (χ1) is 10.1. The van der Waals surface area contributed by atoms with Gasteiger partial charge in [-0.25, -0.2) is 4.98 Å². The number of rotatable bonds is 6. The normalized spacial score (nSPS) is 12.1. The number of nitrogens with two attached hydrogens (primary N) is 1. The average Bonchev–Trinajstić information content (AvgIpc) is 2.95. The number of nitrogens with zero attached hydrogens (tertiary/aromatic N) is 1. The molecule has 2 rings (SSSR count).